The largest absolute Gasteiger partial charge is 0.457 e. The summed E-state index contributed by atoms with van der Waals surface area (Å²) >= 11 is 5.08. The summed E-state index contributed by atoms with van der Waals surface area (Å²) in [5, 5.41) is 2.68. The van der Waals surface area contributed by atoms with Crippen LogP contribution >= 0.6 is 38.5 Å². The Morgan fingerprint density at radius 2 is 2.18 bits per heavy atom. The normalized spacial score (nSPS) is 10.3. The second-order valence-corrected chi connectivity index (χ2v) is 5.07. The number of furan rings is 1. The molecular weight excluding hydrogens is 404 g/mol. The van der Waals surface area contributed by atoms with Crippen molar-refractivity contribution in [3.05, 3.63) is 50.1 Å². The van der Waals surface area contributed by atoms with Crippen LogP contribution in [0.3, 0.4) is 0 Å². The highest BCUT2D eigenvalue weighted by Gasteiger charge is 2.13. The van der Waals surface area contributed by atoms with Crippen molar-refractivity contribution in [2.24, 2.45) is 0 Å². The minimum Gasteiger partial charge on any atom is -0.457 e. The van der Waals surface area contributed by atoms with Crippen LogP contribution in [0.15, 0.2) is 39.6 Å². The van der Waals surface area contributed by atoms with E-state index in [0.29, 0.717) is 19.5 Å². The molecule has 88 valence electrons. The van der Waals surface area contributed by atoms with Crippen LogP contribution in [0, 0.1) is 9.39 Å². The fraction of sp³-hybridized carbons (Fsp3) is 0. The van der Waals surface area contributed by atoms with E-state index >= 15 is 0 Å². The molecule has 1 N–H and O–H groups in total. The number of halogens is 3. The smallest absolute Gasteiger partial charge is 0.260 e. The average molecular weight is 410 g/mol. The lowest BCUT2D eigenvalue weighted by molar-refractivity contribution is 0.102. The molecule has 0 radical (unpaired) electrons. The fourth-order valence-corrected chi connectivity index (χ4v) is 2.27. The molecule has 0 aliphatic heterocycles. The quantitative estimate of drug-likeness (QED) is 0.760. The molecule has 1 amide bonds. The molecule has 0 spiro atoms. The van der Waals surface area contributed by atoms with Gasteiger partial charge >= 0.3 is 0 Å². The first kappa shape index (κ1) is 12.6. The van der Waals surface area contributed by atoms with E-state index in [4.69, 9.17) is 4.42 Å². The summed E-state index contributed by atoms with van der Waals surface area (Å²) in [6, 6.07) is 5.71. The summed E-state index contributed by atoms with van der Waals surface area (Å²) in [6.07, 6.45) is 1.41. The molecule has 0 bridgehead atoms. The van der Waals surface area contributed by atoms with Gasteiger partial charge in [0.2, 0.25) is 0 Å². The SMILES string of the molecule is O=C(Nc1ccc(F)cc1I)c1ccoc1Br. The van der Waals surface area contributed by atoms with Gasteiger partial charge in [0.25, 0.3) is 5.91 Å². The number of amides is 1. The summed E-state index contributed by atoms with van der Waals surface area (Å²) in [5.41, 5.74) is 0.954. The number of nitrogens with one attached hydrogen (secondary N) is 1. The van der Waals surface area contributed by atoms with Crippen molar-refractivity contribution >= 4 is 50.1 Å². The minimum atomic E-state index is -0.336. The molecule has 3 nitrogen and oxygen atoms in total. The first-order valence-corrected chi connectivity index (χ1v) is 6.44. The summed E-state index contributed by atoms with van der Waals surface area (Å²) in [7, 11) is 0. The predicted octanol–water partition coefficient (Wildman–Crippen LogP) is 4.04. The molecule has 0 fully saturated rings. The van der Waals surface area contributed by atoms with Crippen LogP contribution in [0.1, 0.15) is 10.4 Å². The Balaban J connectivity index is 2.22. The molecule has 0 aliphatic carbocycles. The molecule has 0 saturated carbocycles. The molecule has 2 aromatic rings. The van der Waals surface area contributed by atoms with Crippen molar-refractivity contribution in [1.29, 1.82) is 0 Å². The maximum Gasteiger partial charge on any atom is 0.260 e. The van der Waals surface area contributed by atoms with Gasteiger partial charge in [-0.15, -0.1) is 0 Å². The Labute approximate surface area is 119 Å². The van der Waals surface area contributed by atoms with Crippen molar-refractivity contribution in [1.82, 2.24) is 0 Å². The Morgan fingerprint density at radius 1 is 1.41 bits per heavy atom. The fourth-order valence-electron chi connectivity index (χ4n) is 1.24. The van der Waals surface area contributed by atoms with Crippen LogP contribution in [0.2, 0.25) is 0 Å². The molecule has 17 heavy (non-hydrogen) atoms. The van der Waals surface area contributed by atoms with Crippen molar-refractivity contribution in [2.45, 2.75) is 0 Å². The van der Waals surface area contributed by atoms with Crippen molar-refractivity contribution in [2.75, 3.05) is 5.32 Å². The van der Waals surface area contributed by atoms with Gasteiger partial charge in [0.05, 0.1) is 17.5 Å². The van der Waals surface area contributed by atoms with Crippen molar-refractivity contribution in [3.63, 3.8) is 0 Å². The number of anilines is 1. The number of carbonyl (C=O) groups excluding carboxylic acids is 1. The molecule has 0 aliphatic rings. The Bertz CT molecular complexity index is 570. The van der Waals surface area contributed by atoms with Gasteiger partial charge < -0.3 is 9.73 Å². The maximum absolute atomic E-state index is 12.9. The van der Waals surface area contributed by atoms with Gasteiger partial charge in [-0.25, -0.2) is 4.39 Å². The predicted molar refractivity (Wildman–Crippen MR) is 73.5 cm³/mol. The van der Waals surface area contributed by atoms with Crippen LogP contribution in [-0.2, 0) is 0 Å². The number of hydrogen-bond acceptors (Lipinski definition) is 2. The van der Waals surface area contributed by atoms with E-state index in [9.17, 15) is 9.18 Å². The average Bonchev–Trinajstić information content (AvgIpc) is 2.68. The van der Waals surface area contributed by atoms with E-state index in [1.54, 1.807) is 6.07 Å². The molecular formula is C11H6BrFINO2. The molecule has 0 saturated heterocycles. The standard InChI is InChI=1S/C11H6BrFINO2/c12-10-7(3-4-17-10)11(16)15-9-2-1-6(13)5-8(9)14/h1-5H,(H,15,16). The second kappa shape index (κ2) is 5.18. The summed E-state index contributed by atoms with van der Waals surface area (Å²) < 4.78 is 18.9. The van der Waals surface area contributed by atoms with Crippen LogP contribution in [0.25, 0.3) is 0 Å². The summed E-state index contributed by atoms with van der Waals surface area (Å²) in [5.74, 6) is -0.646. The highest BCUT2D eigenvalue weighted by molar-refractivity contribution is 14.1. The van der Waals surface area contributed by atoms with E-state index in [1.807, 2.05) is 22.6 Å². The Kier molecular flexibility index (Phi) is 3.82. The number of hydrogen-bond donors (Lipinski definition) is 1. The van der Waals surface area contributed by atoms with Gasteiger partial charge in [-0.05, 0) is 62.8 Å². The van der Waals surface area contributed by atoms with Crippen molar-refractivity contribution in [3.8, 4) is 0 Å². The molecule has 0 unspecified atom stereocenters. The van der Waals surface area contributed by atoms with E-state index in [-0.39, 0.29) is 11.7 Å². The Morgan fingerprint density at radius 3 is 2.76 bits per heavy atom. The molecule has 1 heterocycles. The lowest BCUT2D eigenvalue weighted by atomic mass is 10.2. The molecule has 6 heteroatoms. The molecule has 2 rings (SSSR count). The van der Waals surface area contributed by atoms with Gasteiger partial charge in [-0.1, -0.05) is 0 Å². The third-order valence-corrected chi connectivity index (χ3v) is 3.55. The minimum absolute atomic E-state index is 0.310. The van der Waals surface area contributed by atoms with Crippen LogP contribution < -0.4 is 5.32 Å². The zero-order chi connectivity index (χ0) is 12.4. The van der Waals surface area contributed by atoms with E-state index in [1.165, 1.54) is 24.5 Å². The number of benzene rings is 1. The van der Waals surface area contributed by atoms with Gasteiger partial charge in [0.15, 0.2) is 4.67 Å². The summed E-state index contributed by atoms with van der Waals surface area (Å²) in [4.78, 5) is 11.8. The Hall–Kier alpha value is -0.890. The number of carbonyl (C=O) groups is 1. The summed E-state index contributed by atoms with van der Waals surface area (Å²) in [6.45, 7) is 0. The third-order valence-electron chi connectivity index (χ3n) is 2.04. The van der Waals surface area contributed by atoms with Gasteiger partial charge in [-0.3, -0.25) is 4.79 Å². The number of rotatable bonds is 2. The highest BCUT2D eigenvalue weighted by Crippen LogP contribution is 2.22. The highest BCUT2D eigenvalue weighted by atomic mass is 127. The van der Waals surface area contributed by atoms with E-state index in [2.05, 4.69) is 21.2 Å². The van der Waals surface area contributed by atoms with Crippen molar-refractivity contribution < 1.29 is 13.6 Å². The lowest BCUT2D eigenvalue weighted by Crippen LogP contribution is -2.12. The van der Waals surface area contributed by atoms with Gasteiger partial charge in [0.1, 0.15) is 5.82 Å². The molecule has 0 atom stereocenters. The van der Waals surface area contributed by atoms with Gasteiger partial charge in [-0.2, -0.15) is 0 Å². The van der Waals surface area contributed by atoms with E-state index in [0.717, 1.165) is 0 Å². The lowest BCUT2D eigenvalue weighted by Gasteiger charge is -2.06. The van der Waals surface area contributed by atoms with Crippen LogP contribution in [-0.4, -0.2) is 5.91 Å². The van der Waals surface area contributed by atoms with Crippen LogP contribution in [0.5, 0.6) is 0 Å². The monoisotopic (exact) mass is 409 g/mol. The van der Waals surface area contributed by atoms with E-state index < -0.39 is 0 Å². The third kappa shape index (κ3) is 2.86. The zero-order valence-electron chi connectivity index (χ0n) is 8.34. The first-order chi connectivity index (χ1) is 8.08. The first-order valence-electron chi connectivity index (χ1n) is 4.57. The zero-order valence-corrected chi connectivity index (χ0v) is 12.1. The van der Waals surface area contributed by atoms with Gasteiger partial charge in [0, 0.05) is 3.57 Å². The molecule has 1 aromatic heterocycles. The molecule has 1 aromatic carbocycles. The maximum atomic E-state index is 12.9. The second-order valence-electron chi connectivity index (χ2n) is 3.19. The topological polar surface area (TPSA) is 42.2 Å². The van der Waals surface area contributed by atoms with Crippen LogP contribution in [0.4, 0.5) is 10.1 Å².